The Morgan fingerprint density at radius 1 is 1.20 bits per heavy atom. The highest BCUT2D eigenvalue weighted by Crippen LogP contribution is 2.35. The molecule has 0 heterocycles. The van der Waals surface area contributed by atoms with E-state index in [1.54, 1.807) is 0 Å². The number of rotatable bonds is 6. The number of carbonyl (C=O) groups excluding carboxylic acids is 3. The smallest absolute Gasteiger partial charge is 0.463 e. The van der Waals surface area contributed by atoms with Crippen LogP contribution in [0.15, 0.2) is 0 Å². The lowest BCUT2D eigenvalue weighted by molar-refractivity contribution is -0.306. The van der Waals surface area contributed by atoms with Crippen molar-refractivity contribution in [2.24, 2.45) is 0 Å². The highest BCUT2D eigenvalue weighted by Gasteiger charge is 2.63. The number of ether oxygens (including phenoxy) is 1. The summed E-state index contributed by atoms with van der Waals surface area (Å²) in [7, 11) is 0. The van der Waals surface area contributed by atoms with E-state index in [9.17, 15) is 41.4 Å². The number of nitrogens with one attached hydrogen (secondary N) is 1. The van der Waals surface area contributed by atoms with Gasteiger partial charge in [0.1, 0.15) is 6.04 Å². The molecule has 1 amide bonds. The van der Waals surface area contributed by atoms with Gasteiger partial charge < -0.3 is 20.0 Å². The molecule has 20 heavy (non-hydrogen) atoms. The fourth-order valence-corrected chi connectivity index (χ4v) is 0.980. The van der Waals surface area contributed by atoms with Crippen LogP contribution in [0.25, 0.3) is 0 Å². The third kappa shape index (κ3) is 4.63. The first-order valence-electron chi connectivity index (χ1n) is 5.05. The summed E-state index contributed by atoms with van der Waals surface area (Å²) in [5.74, 6) is -12.0. The van der Waals surface area contributed by atoms with Gasteiger partial charge in [-0.3, -0.25) is 4.79 Å². The number of amides is 1. The standard InChI is InChI=1S/C9H10F5NO5/c1-2-20-6(18)4(3-5(16)17)15-7(19)8(10,11)9(12,13)14/h4H,2-3H2,1H3,(H,15,19)(H,16,17)/p-1. The van der Waals surface area contributed by atoms with Crippen LogP contribution in [0.4, 0.5) is 22.0 Å². The Hall–Kier alpha value is -1.94. The molecule has 0 aliphatic rings. The average Bonchev–Trinajstić information content (AvgIpc) is 2.26. The normalized spacial score (nSPS) is 13.5. The summed E-state index contributed by atoms with van der Waals surface area (Å²) in [4.78, 5) is 32.2. The van der Waals surface area contributed by atoms with E-state index >= 15 is 0 Å². The van der Waals surface area contributed by atoms with E-state index in [1.165, 1.54) is 6.92 Å². The minimum absolute atomic E-state index is 0.298. The number of hydrogen-bond acceptors (Lipinski definition) is 5. The van der Waals surface area contributed by atoms with Crippen LogP contribution in [-0.2, 0) is 19.1 Å². The summed E-state index contributed by atoms with van der Waals surface area (Å²) in [5.41, 5.74) is 0. The van der Waals surface area contributed by atoms with E-state index in [4.69, 9.17) is 0 Å². The van der Waals surface area contributed by atoms with Gasteiger partial charge >= 0.3 is 24.0 Å². The first kappa shape index (κ1) is 18.1. The summed E-state index contributed by atoms with van der Waals surface area (Å²) >= 11 is 0. The summed E-state index contributed by atoms with van der Waals surface area (Å²) < 4.78 is 65.1. The maximum Gasteiger partial charge on any atom is 0.463 e. The Morgan fingerprint density at radius 3 is 2.05 bits per heavy atom. The number of esters is 1. The molecule has 0 aliphatic heterocycles. The second-order valence-corrected chi connectivity index (χ2v) is 3.43. The van der Waals surface area contributed by atoms with Crippen LogP contribution < -0.4 is 10.4 Å². The molecule has 0 aromatic rings. The van der Waals surface area contributed by atoms with E-state index in [-0.39, 0.29) is 6.61 Å². The number of alkyl halides is 5. The summed E-state index contributed by atoms with van der Waals surface area (Å²) in [6, 6.07) is -2.21. The van der Waals surface area contributed by atoms with E-state index in [1.807, 2.05) is 0 Å². The van der Waals surface area contributed by atoms with Crippen LogP contribution in [0.2, 0.25) is 0 Å². The van der Waals surface area contributed by atoms with Crippen LogP contribution in [0.1, 0.15) is 13.3 Å². The van der Waals surface area contributed by atoms with Crippen molar-refractivity contribution in [3.63, 3.8) is 0 Å². The Morgan fingerprint density at radius 2 is 1.70 bits per heavy atom. The van der Waals surface area contributed by atoms with Crippen molar-refractivity contribution in [1.82, 2.24) is 5.32 Å². The van der Waals surface area contributed by atoms with Crippen molar-refractivity contribution < 1.29 is 46.2 Å². The summed E-state index contributed by atoms with van der Waals surface area (Å²) in [6.07, 6.45) is -7.49. The summed E-state index contributed by atoms with van der Waals surface area (Å²) in [5, 5.41) is 11.2. The molecule has 6 nitrogen and oxygen atoms in total. The Labute approximate surface area is 108 Å². The zero-order chi connectivity index (χ0) is 16.1. The molecule has 0 saturated carbocycles. The number of hydrogen-bond donors (Lipinski definition) is 1. The minimum Gasteiger partial charge on any atom is -0.550 e. The Bertz CT molecular complexity index is 395. The van der Waals surface area contributed by atoms with Crippen molar-refractivity contribution in [2.75, 3.05) is 6.61 Å². The lowest BCUT2D eigenvalue weighted by atomic mass is 10.2. The number of carboxylic acids is 1. The van der Waals surface area contributed by atoms with Crippen molar-refractivity contribution >= 4 is 17.8 Å². The van der Waals surface area contributed by atoms with E-state index in [0.29, 0.717) is 0 Å². The Kier molecular flexibility index (Phi) is 5.85. The molecular formula is C9H9F5NO5-. The second kappa shape index (κ2) is 6.48. The zero-order valence-corrected chi connectivity index (χ0v) is 9.92. The molecule has 0 saturated heterocycles. The number of aliphatic carboxylic acids is 1. The fourth-order valence-electron chi connectivity index (χ4n) is 0.980. The van der Waals surface area contributed by atoms with Crippen molar-refractivity contribution in [3.8, 4) is 0 Å². The maximum absolute atomic E-state index is 12.6. The topological polar surface area (TPSA) is 95.5 Å². The van der Waals surface area contributed by atoms with Crippen LogP contribution in [0.5, 0.6) is 0 Å². The molecular weight excluding hydrogens is 297 g/mol. The van der Waals surface area contributed by atoms with Gasteiger partial charge in [-0.15, -0.1) is 0 Å². The minimum atomic E-state index is -6.18. The molecule has 0 bridgehead atoms. The quantitative estimate of drug-likeness (QED) is 0.521. The van der Waals surface area contributed by atoms with Gasteiger partial charge in [-0.05, 0) is 6.92 Å². The first-order chi connectivity index (χ1) is 8.93. The van der Waals surface area contributed by atoms with Gasteiger partial charge in [-0.1, -0.05) is 0 Å². The van der Waals surface area contributed by atoms with Gasteiger partial charge in [0, 0.05) is 12.4 Å². The molecule has 11 heteroatoms. The van der Waals surface area contributed by atoms with Gasteiger partial charge in [0.05, 0.1) is 6.61 Å². The predicted molar refractivity (Wildman–Crippen MR) is 49.2 cm³/mol. The Balaban J connectivity index is 5.03. The van der Waals surface area contributed by atoms with Crippen LogP contribution in [0, 0.1) is 0 Å². The third-order valence-electron chi connectivity index (χ3n) is 1.89. The number of halogens is 5. The second-order valence-electron chi connectivity index (χ2n) is 3.43. The number of carbonyl (C=O) groups is 3. The fraction of sp³-hybridized carbons (Fsp3) is 0.667. The van der Waals surface area contributed by atoms with Gasteiger partial charge in [-0.25, -0.2) is 4.79 Å². The molecule has 0 fully saturated rings. The van der Waals surface area contributed by atoms with Gasteiger partial charge in [-0.2, -0.15) is 22.0 Å². The molecule has 0 spiro atoms. The predicted octanol–water partition coefficient (Wildman–Crippen LogP) is -0.628. The molecule has 0 aliphatic carbocycles. The molecule has 0 aromatic carbocycles. The number of carboxylic acid groups (broad SMARTS) is 1. The molecule has 0 aromatic heterocycles. The SMILES string of the molecule is CCOC(=O)C(CC(=O)[O-])NC(=O)C(F)(F)C(F)(F)F. The monoisotopic (exact) mass is 306 g/mol. The lowest BCUT2D eigenvalue weighted by Crippen LogP contribution is -2.55. The van der Waals surface area contributed by atoms with E-state index < -0.39 is 42.4 Å². The van der Waals surface area contributed by atoms with Crippen LogP contribution >= 0.6 is 0 Å². The van der Waals surface area contributed by atoms with E-state index in [2.05, 4.69) is 4.74 Å². The van der Waals surface area contributed by atoms with Gasteiger partial charge in [0.2, 0.25) is 0 Å². The lowest BCUT2D eigenvalue weighted by Gasteiger charge is -2.22. The maximum atomic E-state index is 12.6. The molecule has 1 atom stereocenters. The van der Waals surface area contributed by atoms with Gasteiger partial charge in [0.25, 0.3) is 0 Å². The first-order valence-corrected chi connectivity index (χ1v) is 5.05. The zero-order valence-electron chi connectivity index (χ0n) is 9.92. The largest absolute Gasteiger partial charge is 0.550 e. The molecule has 0 rings (SSSR count). The van der Waals surface area contributed by atoms with Crippen molar-refractivity contribution in [3.05, 3.63) is 0 Å². The molecule has 1 N–H and O–H groups in total. The van der Waals surface area contributed by atoms with Crippen molar-refractivity contribution in [1.29, 1.82) is 0 Å². The third-order valence-corrected chi connectivity index (χ3v) is 1.89. The van der Waals surface area contributed by atoms with Crippen LogP contribution in [0.3, 0.4) is 0 Å². The van der Waals surface area contributed by atoms with Gasteiger partial charge in [0.15, 0.2) is 0 Å². The molecule has 0 radical (unpaired) electrons. The molecule has 116 valence electrons. The van der Waals surface area contributed by atoms with E-state index in [0.717, 1.165) is 5.32 Å². The highest BCUT2D eigenvalue weighted by molar-refractivity contribution is 5.90. The average molecular weight is 306 g/mol. The highest BCUT2D eigenvalue weighted by atomic mass is 19.4. The molecule has 1 unspecified atom stereocenters. The van der Waals surface area contributed by atoms with Crippen molar-refractivity contribution in [2.45, 2.75) is 31.5 Å². The summed E-state index contributed by atoms with van der Waals surface area (Å²) in [6.45, 7) is 0.980. The van der Waals surface area contributed by atoms with Crippen LogP contribution in [-0.4, -0.2) is 42.6 Å².